The van der Waals surface area contributed by atoms with Crippen LogP contribution < -0.4 is 10.6 Å². The quantitative estimate of drug-likeness (QED) is 0.582. The number of nitrogens with two attached hydrogens (primary N) is 1. The van der Waals surface area contributed by atoms with Gasteiger partial charge in [-0.25, -0.2) is 0 Å². The predicted octanol–water partition coefficient (Wildman–Crippen LogP) is 1.16. The molecular formula is C10H16N4S. The number of anilines is 1. The number of nitrogen functional groups attached to an aromatic ring is 1. The molecule has 0 radical (unpaired) electrons. The molecule has 15 heavy (non-hydrogen) atoms. The van der Waals surface area contributed by atoms with E-state index in [9.17, 15) is 0 Å². The molecule has 4 nitrogen and oxygen atoms in total. The van der Waals surface area contributed by atoms with Crippen molar-refractivity contribution >= 4 is 23.3 Å². The van der Waals surface area contributed by atoms with Gasteiger partial charge in [-0.05, 0) is 12.3 Å². The zero-order valence-electron chi connectivity index (χ0n) is 9.03. The van der Waals surface area contributed by atoms with Crippen molar-refractivity contribution in [2.75, 3.05) is 30.5 Å². The summed E-state index contributed by atoms with van der Waals surface area (Å²) in [5.74, 6) is 1.13. The lowest BCUT2D eigenvalue weighted by Crippen LogP contribution is -2.24. The summed E-state index contributed by atoms with van der Waals surface area (Å²) < 4.78 is 0. The number of nitrogens with one attached hydrogen (secondary N) is 1. The number of hydrogen-bond donors (Lipinski definition) is 2. The molecule has 0 fully saturated rings. The van der Waals surface area contributed by atoms with Crippen LogP contribution in [0.5, 0.6) is 0 Å². The van der Waals surface area contributed by atoms with Crippen molar-refractivity contribution in [2.24, 2.45) is 5.73 Å². The van der Waals surface area contributed by atoms with Crippen LogP contribution in [0.15, 0.2) is 18.5 Å². The van der Waals surface area contributed by atoms with Crippen molar-refractivity contribution in [1.82, 2.24) is 4.98 Å². The minimum absolute atomic E-state index is 0.0865. The molecule has 1 heterocycles. The van der Waals surface area contributed by atoms with Gasteiger partial charge in [-0.15, -0.1) is 0 Å². The third-order valence-electron chi connectivity index (χ3n) is 2.13. The molecule has 0 amide bonds. The number of nitrogens with zero attached hydrogens (tertiary/aromatic N) is 2. The average molecular weight is 224 g/mol. The summed E-state index contributed by atoms with van der Waals surface area (Å²) in [6.07, 6.45) is 5.47. The summed E-state index contributed by atoms with van der Waals surface area (Å²) in [5, 5.41) is 7.46. The normalized spacial score (nSPS) is 10.0. The van der Waals surface area contributed by atoms with Crippen LogP contribution in [-0.2, 0) is 0 Å². The smallest absolute Gasteiger partial charge is 0.125 e. The van der Waals surface area contributed by atoms with E-state index in [2.05, 4.69) is 16.1 Å². The van der Waals surface area contributed by atoms with Crippen LogP contribution in [0, 0.1) is 5.41 Å². The van der Waals surface area contributed by atoms with Crippen molar-refractivity contribution in [2.45, 2.75) is 0 Å². The molecule has 1 aromatic rings. The van der Waals surface area contributed by atoms with E-state index in [4.69, 9.17) is 11.1 Å². The Morgan fingerprint density at radius 2 is 2.40 bits per heavy atom. The van der Waals surface area contributed by atoms with Crippen LogP contribution in [0.25, 0.3) is 0 Å². The van der Waals surface area contributed by atoms with Crippen LogP contribution >= 0.6 is 11.8 Å². The Balaban J connectivity index is 2.87. The van der Waals surface area contributed by atoms with Crippen molar-refractivity contribution < 1.29 is 0 Å². The lowest BCUT2D eigenvalue weighted by atomic mass is 10.2. The number of pyridine rings is 1. The molecule has 5 heteroatoms. The maximum Gasteiger partial charge on any atom is 0.125 e. The fraction of sp³-hybridized carbons (Fsp3) is 0.400. The minimum Gasteiger partial charge on any atom is -0.384 e. The molecule has 0 unspecified atom stereocenters. The highest BCUT2D eigenvalue weighted by Crippen LogP contribution is 2.17. The molecule has 0 aliphatic rings. The van der Waals surface area contributed by atoms with E-state index >= 15 is 0 Å². The Labute approximate surface area is 94.4 Å². The summed E-state index contributed by atoms with van der Waals surface area (Å²) >= 11 is 1.79. The molecule has 0 bridgehead atoms. The van der Waals surface area contributed by atoms with Gasteiger partial charge in [-0.2, -0.15) is 11.8 Å². The predicted molar refractivity (Wildman–Crippen MR) is 66.9 cm³/mol. The highest BCUT2D eigenvalue weighted by atomic mass is 32.2. The molecule has 1 aromatic heterocycles. The molecule has 0 spiro atoms. The summed E-state index contributed by atoms with van der Waals surface area (Å²) in [4.78, 5) is 6.13. The summed E-state index contributed by atoms with van der Waals surface area (Å²) in [6.45, 7) is 0.924. The van der Waals surface area contributed by atoms with Gasteiger partial charge < -0.3 is 10.6 Å². The van der Waals surface area contributed by atoms with Gasteiger partial charge in [0, 0.05) is 31.1 Å². The molecule has 82 valence electrons. The van der Waals surface area contributed by atoms with Crippen LogP contribution in [0.3, 0.4) is 0 Å². The highest BCUT2D eigenvalue weighted by molar-refractivity contribution is 7.98. The third kappa shape index (κ3) is 3.13. The first kappa shape index (κ1) is 11.8. The van der Waals surface area contributed by atoms with Gasteiger partial charge in [-0.3, -0.25) is 10.4 Å². The average Bonchev–Trinajstić information content (AvgIpc) is 2.25. The number of thioether (sulfide) groups is 1. The Morgan fingerprint density at radius 3 is 3.00 bits per heavy atom. The first-order chi connectivity index (χ1) is 7.16. The van der Waals surface area contributed by atoms with E-state index in [1.807, 2.05) is 7.05 Å². The van der Waals surface area contributed by atoms with Gasteiger partial charge in [0.2, 0.25) is 0 Å². The summed E-state index contributed by atoms with van der Waals surface area (Å²) in [7, 11) is 1.99. The first-order valence-electron chi connectivity index (χ1n) is 4.65. The van der Waals surface area contributed by atoms with E-state index < -0.39 is 0 Å². The number of amidine groups is 1. The third-order valence-corrected chi connectivity index (χ3v) is 2.72. The van der Waals surface area contributed by atoms with E-state index in [0.29, 0.717) is 0 Å². The van der Waals surface area contributed by atoms with E-state index in [0.717, 1.165) is 23.5 Å². The second-order valence-electron chi connectivity index (χ2n) is 3.22. The monoisotopic (exact) mass is 224 g/mol. The molecule has 3 N–H and O–H groups in total. The van der Waals surface area contributed by atoms with Crippen molar-refractivity contribution in [3.05, 3.63) is 24.0 Å². The van der Waals surface area contributed by atoms with Crippen LogP contribution in [0.4, 0.5) is 5.69 Å². The second kappa shape index (κ2) is 5.60. The Morgan fingerprint density at radius 1 is 1.67 bits per heavy atom. The van der Waals surface area contributed by atoms with E-state index in [1.54, 1.807) is 30.2 Å². The fourth-order valence-electron chi connectivity index (χ4n) is 1.27. The van der Waals surface area contributed by atoms with Gasteiger partial charge in [-0.1, -0.05) is 0 Å². The van der Waals surface area contributed by atoms with Gasteiger partial charge in [0.25, 0.3) is 0 Å². The topological polar surface area (TPSA) is 66.0 Å². The standard InChI is InChI=1S/C10H16N4S/c1-14(5-6-15-2)9-7-13-4-3-8(9)10(11)12/h3-4,7H,5-6H2,1-2H3,(H3,11,12). The maximum atomic E-state index is 7.46. The summed E-state index contributed by atoms with van der Waals surface area (Å²) in [5.41, 5.74) is 7.16. The Kier molecular flexibility index (Phi) is 4.42. The van der Waals surface area contributed by atoms with Crippen LogP contribution in [-0.4, -0.2) is 36.4 Å². The molecule has 1 rings (SSSR count). The molecule has 0 saturated heterocycles. The number of hydrogen-bond acceptors (Lipinski definition) is 4. The zero-order valence-corrected chi connectivity index (χ0v) is 9.84. The molecule has 0 saturated carbocycles. The molecule has 0 aromatic carbocycles. The Bertz CT molecular complexity index is 340. The molecule has 0 atom stereocenters. The lowest BCUT2D eigenvalue weighted by Gasteiger charge is -2.20. The van der Waals surface area contributed by atoms with Gasteiger partial charge in [0.05, 0.1) is 11.9 Å². The number of aromatic nitrogens is 1. The maximum absolute atomic E-state index is 7.46. The molecular weight excluding hydrogens is 208 g/mol. The van der Waals surface area contributed by atoms with Gasteiger partial charge in [0.15, 0.2) is 0 Å². The Hall–Kier alpha value is -1.23. The van der Waals surface area contributed by atoms with Gasteiger partial charge in [0.1, 0.15) is 5.84 Å². The SMILES string of the molecule is CSCCN(C)c1cnccc1C(=N)N. The minimum atomic E-state index is 0.0865. The molecule has 0 aliphatic carbocycles. The number of rotatable bonds is 5. The van der Waals surface area contributed by atoms with E-state index in [-0.39, 0.29) is 5.84 Å². The molecule has 0 aliphatic heterocycles. The zero-order chi connectivity index (χ0) is 11.3. The highest BCUT2D eigenvalue weighted by Gasteiger charge is 2.08. The lowest BCUT2D eigenvalue weighted by molar-refractivity contribution is 0.968. The van der Waals surface area contributed by atoms with Crippen LogP contribution in [0.2, 0.25) is 0 Å². The first-order valence-corrected chi connectivity index (χ1v) is 6.04. The van der Waals surface area contributed by atoms with Gasteiger partial charge >= 0.3 is 0 Å². The van der Waals surface area contributed by atoms with Crippen molar-refractivity contribution in [1.29, 1.82) is 5.41 Å². The summed E-state index contributed by atoms with van der Waals surface area (Å²) in [6, 6.07) is 1.77. The van der Waals surface area contributed by atoms with Crippen molar-refractivity contribution in [3.8, 4) is 0 Å². The van der Waals surface area contributed by atoms with Crippen molar-refractivity contribution in [3.63, 3.8) is 0 Å². The van der Waals surface area contributed by atoms with Crippen LogP contribution in [0.1, 0.15) is 5.56 Å². The fourth-order valence-corrected chi connectivity index (χ4v) is 1.72. The second-order valence-corrected chi connectivity index (χ2v) is 4.21. The van der Waals surface area contributed by atoms with E-state index in [1.165, 1.54) is 0 Å². The largest absolute Gasteiger partial charge is 0.384 e.